The molecule has 0 aromatic rings. The van der Waals surface area contributed by atoms with Crippen molar-refractivity contribution in [2.45, 2.75) is 24.4 Å². The Balaban J connectivity index is 2.83. The molecule has 0 spiro atoms. The van der Waals surface area contributed by atoms with E-state index in [0.29, 0.717) is 5.71 Å². The van der Waals surface area contributed by atoms with Crippen molar-refractivity contribution in [3.8, 4) is 0 Å². The molecule has 0 aromatic heterocycles. The molecule has 1 aliphatic rings. The van der Waals surface area contributed by atoms with Gasteiger partial charge in [-0.05, 0) is 6.92 Å². The van der Waals surface area contributed by atoms with Gasteiger partial charge in [-0.3, -0.25) is 5.01 Å². The largest absolute Gasteiger partial charge is 0.411 e. The number of halogens is 3. The summed E-state index contributed by atoms with van der Waals surface area (Å²) in [6.45, 7) is 1.54. The van der Waals surface area contributed by atoms with Crippen LogP contribution >= 0.6 is 12.6 Å². The van der Waals surface area contributed by atoms with E-state index in [1.165, 1.54) is 7.05 Å². The van der Waals surface area contributed by atoms with Crippen molar-refractivity contribution >= 4 is 18.3 Å². The molecule has 0 N–H and O–H groups in total. The van der Waals surface area contributed by atoms with Crippen LogP contribution in [-0.4, -0.2) is 35.2 Å². The van der Waals surface area contributed by atoms with Crippen molar-refractivity contribution in [2.75, 3.05) is 7.05 Å². The Morgan fingerprint density at radius 3 is 2.17 bits per heavy atom. The molecule has 70 valence electrons. The minimum Gasteiger partial charge on any atom is -0.286 e. The topological polar surface area (TPSA) is 15.6 Å². The molecule has 0 saturated carbocycles. The molecule has 6 heteroatoms. The fourth-order valence-electron chi connectivity index (χ4n) is 1.19. The van der Waals surface area contributed by atoms with Crippen LogP contribution < -0.4 is 0 Å². The van der Waals surface area contributed by atoms with Crippen LogP contribution in [0.15, 0.2) is 5.10 Å². The molecule has 0 radical (unpaired) electrons. The lowest BCUT2D eigenvalue weighted by Gasteiger charge is -2.24. The monoisotopic (exact) mass is 198 g/mol. The van der Waals surface area contributed by atoms with Gasteiger partial charge in [-0.15, -0.1) is 0 Å². The molecule has 0 aliphatic carbocycles. The SMILES string of the molecule is CC1=NN(C)C(C(F)(F)F)C1S. The molecule has 2 atom stereocenters. The summed E-state index contributed by atoms with van der Waals surface area (Å²) in [5, 5.41) is 3.74. The third kappa shape index (κ3) is 1.53. The van der Waals surface area contributed by atoms with Gasteiger partial charge in [0.1, 0.15) is 0 Å². The first-order valence-electron chi connectivity index (χ1n) is 3.36. The summed E-state index contributed by atoms with van der Waals surface area (Å²) in [6.07, 6.45) is -4.26. The van der Waals surface area contributed by atoms with E-state index in [1.807, 2.05) is 0 Å². The first-order chi connectivity index (χ1) is 5.34. The van der Waals surface area contributed by atoms with Crippen molar-refractivity contribution in [3.63, 3.8) is 0 Å². The number of hydrazone groups is 1. The predicted octanol–water partition coefficient (Wildman–Crippen LogP) is 1.54. The highest BCUT2D eigenvalue weighted by atomic mass is 32.1. The maximum atomic E-state index is 12.3. The Kier molecular flexibility index (Phi) is 2.29. The van der Waals surface area contributed by atoms with E-state index in [-0.39, 0.29) is 0 Å². The van der Waals surface area contributed by atoms with Crippen molar-refractivity contribution in [2.24, 2.45) is 5.10 Å². The van der Waals surface area contributed by atoms with Crippen LogP contribution in [-0.2, 0) is 0 Å². The van der Waals surface area contributed by atoms with Crippen LogP contribution in [0.25, 0.3) is 0 Å². The first-order valence-corrected chi connectivity index (χ1v) is 3.88. The molecular formula is C6H9F3N2S. The predicted molar refractivity (Wildman–Crippen MR) is 43.5 cm³/mol. The standard InChI is InChI=1S/C6H9F3N2S/c1-3-4(12)5(6(7,8)9)11(2)10-3/h4-5,12H,1-2H3. The third-order valence-electron chi connectivity index (χ3n) is 1.78. The number of thiol groups is 1. The van der Waals surface area contributed by atoms with Gasteiger partial charge in [0.25, 0.3) is 0 Å². The van der Waals surface area contributed by atoms with Crippen molar-refractivity contribution in [1.29, 1.82) is 0 Å². The smallest absolute Gasteiger partial charge is 0.286 e. The van der Waals surface area contributed by atoms with Crippen molar-refractivity contribution < 1.29 is 13.2 Å². The average Bonchev–Trinajstić information content (AvgIpc) is 2.05. The third-order valence-corrected chi connectivity index (χ3v) is 2.44. The van der Waals surface area contributed by atoms with Crippen LogP contribution in [0.3, 0.4) is 0 Å². The van der Waals surface area contributed by atoms with E-state index < -0.39 is 17.5 Å². The molecule has 0 amide bonds. The Morgan fingerprint density at radius 2 is 2.00 bits per heavy atom. The first kappa shape index (κ1) is 9.70. The summed E-state index contributed by atoms with van der Waals surface area (Å²) in [5.41, 5.74) is 0.406. The van der Waals surface area contributed by atoms with Gasteiger partial charge in [-0.2, -0.15) is 30.9 Å². The molecule has 0 bridgehead atoms. The average molecular weight is 198 g/mol. The number of hydrogen-bond acceptors (Lipinski definition) is 3. The number of alkyl halides is 3. The minimum absolute atomic E-state index is 0.406. The Labute approximate surface area is 73.8 Å². The van der Waals surface area contributed by atoms with Gasteiger partial charge in [0.2, 0.25) is 0 Å². The highest BCUT2D eigenvalue weighted by molar-refractivity contribution is 7.82. The van der Waals surface area contributed by atoms with Crippen LogP contribution in [0.4, 0.5) is 13.2 Å². The fourth-order valence-corrected chi connectivity index (χ4v) is 1.61. The molecular weight excluding hydrogens is 189 g/mol. The maximum absolute atomic E-state index is 12.3. The lowest BCUT2D eigenvalue weighted by Crippen LogP contribution is -2.44. The summed E-state index contributed by atoms with van der Waals surface area (Å²) in [7, 11) is 1.30. The number of nitrogens with zero attached hydrogens (tertiary/aromatic N) is 2. The van der Waals surface area contributed by atoms with Gasteiger partial charge in [0.15, 0.2) is 6.04 Å². The van der Waals surface area contributed by atoms with E-state index >= 15 is 0 Å². The molecule has 0 saturated heterocycles. The maximum Gasteiger partial charge on any atom is 0.411 e. The lowest BCUT2D eigenvalue weighted by molar-refractivity contribution is -0.173. The highest BCUT2D eigenvalue weighted by Crippen LogP contribution is 2.33. The summed E-state index contributed by atoms with van der Waals surface area (Å²) in [5.74, 6) is 0. The van der Waals surface area contributed by atoms with Gasteiger partial charge in [-0.25, -0.2) is 0 Å². The highest BCUT2D eigenvalue weighted by Gasteiger charge is 2.50. The van der Waals surface area contributed by atoms with Crippen molar-refractivity contribution in [1.82, 2.24) is 5.01 Å². The molecule has 1 heterocycles. The van der Waals surface area contributed by atoms with E-state index in [0.717, 1.165) is 5.01 Å². The molecule has 2 nitrogen and oxygen atoms in total. The molecule has 1 rings (SSSR count). The minimum atomic E-state index is -4.26. The zero-order chi connectivity index (χ0) is 9.52. The van der Waals surface area contributed by atoms with Gasteiger partial charge < -0.3 is 0 Å². The Morgan fingerprint density at radius 1 is 1.50 bits per heavy atom. The lowest BCUT2D eigenvalue weighted by atomic mass is 10.1. The second kappa shape index (κ2) is 2.83. The van der Waals surface area contributed by atoms with Gasteiger partial charge in [0.05, 0.1) is 11.0 Å². The Hall–Kier alpha value is -0.390. The zero-order valence-corrected chi connectivity index (χ0v) is 7.52. The second-order valence-electron chi connectivity index (χ2n) is 2.75. The van der Waals surface area contributed by atoms with Crippen LogP contribution in [0.1, 0.15) is 6.92 Å². The number of hydrogen-bond donors (Lipinski definition) is 1. The van der Waals surface area contributed by atoms with E-state index in [2.05, 4.69) is 17.7 Å². The van der Waals surface area contributed by atoms with Gasteiger partial charge in [-0.1, -0.05) is 0 Å². The molecule has 1 aliphatic heterocycles. The van der Waals surface area contributed by atoms with Crippen LogP contribution in [0, 0.1) is 0 Å². The van der Waals surface area contributed by atoms with Gasteiger partial charge in [0, 0.05) is 7.05 Å². The van der Waals surface area contributed by atoms with Crippen LogP contribution in [0.2, 0.25) is 0 Å². The quantitative estimate of drug-likeness (QED) is 0.584. The molecule has 2 unspecified atom stereocenters. The fraction of sp³-hybridized carbons (Fsp3) is 0.833. The van der Waals surface area contributed by atoms with E-state index in [1.54, 1.807) is 6.92 Å². The molecule has 0 fully saturated rings. The normalized spacial score (nSPS) is 30.8. The van der Waals surface area contributed by atoms with Crippen molar-refractivity contribution in [3.05, 3.63) is 0 Å². The van der Waals surface area contributed by atoms with E-state index in [4.69, 9.17) is 0 Å². The molecule has 0 aromatic carbocycles. The molecule has 12 heavy (non-hydrogen) atoms. The summed E-state index contributed by atoms with van der Waals surface area (Å²) >= 11 is 3.84. The van der Waals surface area contributed by atoms with E-state index in [9.17, 15) is 13.2 Å². The number of rotatable bonds is 0. The Bertz CT molecular complexity index is 213. The summed E-state index contributed by atoms with van der Waals surface area (Å²) in [4.78, 5) is 0. The second-order valence-corrected chi connectivity index (χ2v) is 3.30. The zero-order valence-electron chi connectivity index (χ0n) is 6.63. The summed E-state index contributed by atoms with van der Waals surface area (Å²) in [6, 6.07) is -1.58. The van der Waals surface area contributed by atoms with Gasteiger partial charge >= 0.3 is 6.18 Å². The summed E-state index contributed by atoms with van der Waals surface area (Å²) < 4.78 is 36.8. The van der Waals surface area contributed by atoms with Crippen LogP contribution in [0.5, 0.6) is 0 Å².